The zero-order valence-electron chi connectivity index (χ0n) is 10.7. The number of benzene rings is 1. The number of nitro groups is 1. The Labute approximate surface area is 106 Å². The predicted octanol–water partition coefficient (Wildman–Crippen LogP) is 2.88. The Morgan fingerprint density at radius 3 is 2.83 bits per heavy atom. The summed E-state index contributed by atoms with van der Waals surface area (Å²) >= 11 is 0. The number of nitrogens with one attached hydrogen (secondary N) is 1. The van der Waals surface area contributed by atoms with Crippen molar-refractivity contribution in [1.29, 1.82) is 0 Å². The number of rotatable bonds is 4. The monoisotopic (exact) mass is 250 g/mol. The second-order valence-electron chi connectivity index (χ2n) is 4.71. The Balaban J connectivity index is 2.10. The molecule has 0 spiro atoms. The van der Waals surface area contributed by atoms with Crippen LogP contribution in [0.1, 0.15) is 24.8 Å². The topological polar surface area (TPSA) is 64.4 Å². The smallest absolute Gasteiger partial charge is 0.272 e. The van der Waals surface area contributed by atoms with Crippen LogP contribution in [0.5, 0.6) is 0 Å². The molecule has 0 radical (unpaired) electrons. The van der Waals surface area contributed by atoms with Gasteiger partial charge in [0.2, 0.25) is 0 Å². The van der Waals surface area contributed by atoms with E-state index in [0.717, 1.165) is 24.9 Å². The quantitative estimate of drug-likeness (QED) is 0.659. The number of ether oxygens (including phenoxy) is 1. The lowest BCUT2D eigenvalue weighted by molar-refractivity contribution is -0.385. The highest BCUT2D eigenvalue weighted by Crippen LogP contribution is 2.27. The maximum Gasteiger partial charge on any atom is 0.272 e. The number of anilines is 1. The molecule has 98 valence electrons. The van der Waals surface area contributed by atoms with Crippen molar-refractivity contribution in [2.24, 2.45) is 0 Å². The third kappa shape index (κ3) is 2.61. The largest absolute Gasteiger partial charge is 0.380 e. The summed E-state index contributed by atoms with van der Waals surface area (Å²) < 4.78 is 5.42. The average Bonchev–Trinajstić information content (AvgIpc) is 2.76. The number of nitrogens with zero attached hydrogens (tertiary/aromatic N) is 1. The van der Waals surface area contributed by atoms with E-state index in [1.807, 2.05) is 6.07 Å². The maximum absolute atomic E-state index is 10.7. The molecule has 0 aliphatic heterocycles. The average molecular weight is 250 g/mol. The summed E-state index contributed by atoms with van der Waals surface area (Å²) in [7, 11) is 1.73. The van der Waals surface area contributed by atoms with Crippen molar-refractivity contribution in [1.82, 2.24) is 0 Å². The zero-order valence-corrected chi connectivity index (χ0v) is 10.7. The van der Waals surface area contributed by atoms with E-state index in [2.05, 4.69) is 5.32 Å². The van der Waals surface area contributed by atoms with Crippen molar-refractivity contribution >= 4 is 11.4 Å². The Morgan fingerprint density at radius 1 is 1.44 bits per heavy atom. The first-order valence-corrected chi connectivity index (χ1v) is 6.16. The molecule has 1 N–H and O–H groups in total. The first-order chi connectivity index (χ1) is 8.61. The molecule has 1 aromatic rings. The van der Waals surface area contributed by atoms with Gasteiger partial charge in [-0.1, -0.05) is 0 Å². The molecule has 1 saturated carbocycles. The molecule has 0 bridgehead atoms. The van der Waals surface area contributed by atoms with Crippen LogP contribution in [-0.2, 0) is 4.74 Å². The van der Waals surface area contributed by atoms with Crippen LogP contribution < -0.4 is 5.32 Å². The van der Waals surface area contributed by atoms with Crippen LogP contribution in [0.2, 0.25) is 0 Å². The first-order valence-electron chi connectivity index (χ1n) is 6.16. The second kappa shape index (κ2) is 5.35. The third-order valence-corrected chi connectivity index (χ3v) is 3.50. The van der Waals surface area contributed by atoms with Crippen molar-refractivity contribution in [3.8, 4) is 0 Å². The molecule has 2 unspecified atom stereocenters. The van der Waals surface area contributed by atoms with Crippen molar-refractivity contribution in [3.05, 3.63) is 33.9 Å². The summed E-state index contributed by atoms with van der Waals surface area (Å²) in [5.41, 5.74) is 1.76. The fourth-order valence-corrected chi connectivity index (χ4v) is 2.54. The number of nitro benzene ring substituents is 1. The van der Waals surface area contributed by atoms with Gasteiger partial charge in [0.1, 0.15) is 0 Å². The van der Waals surface area contributed by atoms with Gasteiger partial charge in [-0.15, -0.1) is 0 Å². The summed E-state index contributed by atoms with van der Waals surface area (Å²) in [4.78, 5) is 10.4. The standard InChI is InChI=1S/C13H18N2O3/c1-9-8-10(6-7-12(9)15(16)17)14-11-4-3-5-13(11)18-2/h6-8,11,13-14H,3-5H2,1-2H3. The molecule has 0 saturated heterocycles. The SMILES string of the molecule is COC1CCCC1Nc1ccc([N+](=O)[O-])c(C)c1. The van der Waals surface area contributed by atoms with E-state index in [1.54, 1.807) is 26.2 Å². The Hall–Kier alpha value is -1.62. The van der Waals surface area contributed by atoms with Gasteiger partial charge in [-0.25, -0.2) is 0 Å². The highest BCUT2D eigenvalue weighted by molar-refractivity contribution is 5.54. The van der Waals surface area contributed by atoms with Gasteiger partial charge in [-0.2, -0.15) is 0 Å². The van der Waals surface area contributed by atoms with Crippen molar-refractivity contribution in [3.63, 3.8) is 0 Å². The van der Waals surface area contributed by atoms with Gasteiger partial charge >= 0.3 is 0 Å². The zero-order chi connectivity index (χ0) is 13.1. The first kappa shape index (κ1) is 12.8. The van der Waals surface area contributed by atoms with Crippen LogP contribution >= 0.6 is 0 Å². The van der Waals surface area contributed by atoms with E-state index < -0.39 is 0 Å². The van der Waals surface area contributed by atoms with E-state index in [-0.39, 0.29) is 16.7 Å². The van der Waals surface area contributed by atoms with Crippen LogP contribution in [0.25, 0.3) is 0 Å². The van der Waals surface area contributed by atoms with Gasteiger partial charge in [0.15, 0.2) is 0 Å². The van der Waals surface area contributed by atoms with Crippen molar-refractivity contribution in [2.75, 3.05) is 12.4 Å². The highest BCUT2D eigenvalue weighted by atomic mass is 16.6. The molecule has 1 aliphatic carbocycles. The summed E-state index contributed by atoms with van der Waals surface area (Å²) in [5, 5.41) is 14.1. The predicted molar refractivity (Wildman–Crippen MR) is 69.9 cm³/mol. The van der Waals surface area contributed by atoms with E-state index in [9.17, 15) is 10.1 Å². The lowest BCUT2D eigenvalue weighted by Gasteiger charge is -2.21. The molecular formula is C13H18N2O3. The third-order valence-electron chi connectivity index (χ3n) is 3.50. The van der Waals surface area contributed by atoms with E-state index in [0.29, 0.717) is 11.6 Å². The molecule has 1 fully saturated rings. The minimum absolute atomic E-state index is 0.162. The van der Waals surface area contributed by atoms with Crippen LogP contribution in [0, 0.1) is 17.0 Å². The van der Waals surface area contributed by atoms with E-state index >= 15 is 0 Å². The Morgan fingerprint density at radius 2 is 2.22 bits per heavy atom. The minimum Gasteiger partial charge on any atom is -0.380 e. The Bertz CT molecular complexity index is 448. The lowest BCUT2D eigenvalue weighted by Crippen LogP contribution is -2.29. The van der Waals surface area contributed by atoms with Gasteiger partial charge in [0, 0.05) is 24.4 Å². The molecule has 5 nitrogen and oxygen atoms in total. The molecule has 1 aromatic carbocycles. The van der Waals surface area contributed by atoms with Gasteiger partial charge in [-0.3, -0.25) is 10.1 Å². The molecule has 18 heavy (non-hydrogen) atoms. The second-order valence-corrected chi connectivity index (χ2v) is 4.71. The lowest BCUT2D eigenvalue weighted by atomic mass is 10.1. The van der Waals surface area contributed by atoms with Crippen LogP contribution in [0.15, 0.2) is 18.2 Å². The fraction of sp³-hybridized carbons (Fsp3) is 0.538. The normalized spacial score (nSPS) is 23.0. The number of hydrogen-bond acceptors (Lipinski definition) is 4. The molecular weight excluding hydrogens is 232 g/mol. The van der Waals surface area contributed by atoms with Crippen LogP contribution in [0.3, 0.4) is 0 Å². The fourth-order valence-electron chi connectivity index (χ4n) is 2.54. The van der Waals surface area contributed by atoms with Crippen LogP contribution in [-0.4, -0.2) is 24.2 Å². The molecule has 0 amide bonds. The van der Waals surface area contributed by atoms with E-state index in [1.165, 1.54) is 0 Å². The molecule has 1 aliphatic rings. The van der Waals surface area contributed by atoms with Crippen LogP contribution in [0.4, 0.5) is 11.4 Å². The summed E-state index contributed by atoms with van der Waals surface area (Å²) in [6.07, 6.45) is 3.54. The van der Waals surface area contributed by atoms with Gasteiger partial charge in [-0.05, 0) is 38.3 Å². The molecule has 2 rings (SSSR count). The number of hydrogen-bond donors (Lipinski definition) is 1. The Kier molecular flexibility index (Phi) is 3.81. The van der Waals surface area contributed by atoms with Gasteiger partial charge in [0.05, 0.1) is 17.1 Å². The molecule has 5 heteroatoms. The van der Waals surface area contributed by atoms with Gasteiger partial charge in [0.25, 0.3) is 5.69 Å². The van der Waals surface area contributed by atoms with Crippen molar-refractivity contribution < 1.29 is 9.66 Å². The maximum atomic E-state index is 10.7. The number of methoxy groups -OCH3 is 1. The van der Waals surface area contributed by atoms with Gasteiger partial charge < -0.3 is 10.1 Å². The number of aryl methyl sites for hydroxylation is 1. The molecule has 2 atom stereocenters. The minimum atomic E-state index is -0.355. The molecule has 0 heterocycles. The van der Waals surface area contributed by atoms with E-state index in [4.69, 9.17) is 4.74 Å². The molecule has 0 aromatic heterocycles. The highest BCUT2D eigenvalue weighted by Gasteiger charge is 2.27. The summed E-state index contributed by atoms with van der Waals surface area (Å²) in [5.74, 6) is 0. The summed E-state index contributed by atoms with van der Waals surface area (Å²) in [6.45, 7) is 1.76. The summed E-state index contributed by atoms with van der Waals surface area (Å²) in [6, 6.07) is 5.43. The van der Waals surface area contributed by atoms with Crippen molar-refractivity contribution in [2.45, 2.75) is 38.3 Å².